The highest BCUT2D eigenvalue weighted by Crippen LogP contribution is 2.24. The highest BCUT2D eigenvalue weighted by molar-refractivity contribution is 5.80. The maximum absolute atomic E-state index is 13.2. The molecular formula is C14H18F2N2O. The molecule has 3 nitrogen and oxygen atoms in total. The van der Waals surface area contributed by atoms with Gasteiger partial charge in [-0.25, -0.2) is 8.78 Å². The summed E-state index contributed by atoms with van der Waals surface area (Å²) in [5.74, 6) is -1.68. The predicted octanol–water partition coefficient (Wildman–Crippen LogP) is 1.58. The van der Waals surface area contributed by atoms with Crippen LogP contribution in [0.5, 0.6) is 0 Å². The smallest absolute Gasteiger partial charge is 0.225 e. The van der Waals surface area contributed by atoms with Crippen molar-refractivity contribution in [2.75, 3.05) is 19.6 Å². The van der Waals surface area contributed by atoms with Crippen LogP contribution in [0.2, 0.25) is 0 Å². The molecule has 0 saturated carbocycles. The van der Waals surface area contributed by atoms with Crippen LogP contribution in [-0.2, 0) is 10.2 Å². The van der Waals surface area contributed by atoms with E-state index in [0.29, 0.717) is 25.2 Å². The fourth-order valence-electron chi connectivity index (χ4n) is 1.95. The van der Waals surface area contributed by atoms with Gasteiger partial charge in [0.1, 0.15) is 0 Å². The summed E-state index contributed by atoms with van der Waals surface area (Å²) in [6.07, 6.45) is 0. The van der Waals surface area contributed by atoms with Gasteiger partial charge in [-0.05, 0) is 17.7 Å². The Kier molecular flexibility index (Phi) is 3.85. The third kappa shape index (κ3) is 3.10. The molecule has 1 aliphatic heterocycles. The molecule has 5 heteroatoms. The van der Waals surface area contributed by atoms with Crippen molar-refractivity contribution in [2.24, 2.45) is 5.92 Å². The van der Waals surface area contributed by atoms with Crippen LogP contribution >= 0.6 is 0 Å². The molecule has 1 saturated heterocycles. The maximum atomic E-state index is 13.2. The standard InChI is InChI=1S/C14H18F2N2O/c1-14(2,8-18-13(19)9-6-17-7-9)10-3-4-11(15)12(16)5-10/h3-5,9,17H,6-8H2,1-2H3,(H,18,19). The molecule has 0 radical (unpaired) electrons. The van der Waals surface area contributed by atoms with E-state index in [1.54, 1.807) is 6.07 Å². The zero-order valence-electron chi connectivity index (χ0n) is 11.1. The third-order valence-corrected chi connectivity index (χ3v) is 3.56. The number of nitrogens with one attached hydrogen (secondary N) is 2. The fraction of sp³-hybridized carbons (Fsp3) is 0.500. The van der Waals surface area contributed by atoms with Crippen molar-refractivity contribution in [1.82, 2.24) is 10.6 Å². The Morgan fingerprint density at radius 1 is 1.37 bits per heavy atom. The number of halogens is 2. The first-order chi connectivity index (χ1) is 8.90. The van der Waals surface area contributed by atoms with Crippen LogP contribution < -0.4 is 10.6 Å². The number of carbonyl (C=O) groups excluding carboxylic acids is 1. The van der Waals surface area contributed by atoms with Gasteiger partial charge in [-0.3, -0.25) is 4.79 Å². The van der Waals surface area contributed by atoms with Crippen LogP contribution in [0.25, 0.3) is 0 Å². The molecule has 1 aliphatic rings. The van der Waals surface area contributed by atoms with Crippen LogP contribution in [0, 0.1) is 17.6 Å². The Hall–Kier alpha value is -1.49. The van der Waals surface area contributed by atoms with Crippen molar-refractivity contribution in [3.63, 3.8) is 0 Å². The number of hydrogen-bond acceptors (Lipinski definition) is 2. The SMILES string of the molecule is CC(C)(CNC(=O)C1CNC1)c1ccc(F)c(F)c1. The number of rotatable bonds is 4. The molecule has 0 unspecified atom stereocenters. The minimum Gasteiger partial charge on any atom is -0.355 e. The molecular weight excluding hydrogens is 250 g/mol. The molecule has 2 rings (SSSR count). The lowest BCUT2D eigenvalue weighted by molar-refractivity contribution is -0.126. The van der Waals surface area contributed by atoms with Gasteiger partial charge < -0.3 is 10.6 Å². The molecule has 104 valence electrons. The maximum Gasteiger partial charge on any atom is 0.225 e. The number of benzene rings is 1. The minimum atomic E-state index is -0.861. The second kappa shape index (κ2) is 5.25. The Morgan fingerprint density at radius 2 is 2.05 bits per heavy atom. The van der Waals surface area contributed by atoms with Crippen molar-refractivity contribution in [3.05, 3.63) is 35.4 Å². The average molecular weight is 268 g/mol. The van der Waals surface area contributed by atoms with Crippen molar-refractivity contribution < 1.29 is 13.6 Å². The molecule has 0 aliphatic carbocycles. The van der Waals surface area contributed by atoms with E-state index in [4.69, 9.17) is 0 Å². The van der Waals surface area contributed by atoms with E-state index in [1.165, 1.54) is 6.07 Å². The van der Waals surface area contributed by atoms with Crippen molar-refractivity contribution >= 4 is 5.91 Å². The summed E-state index contributed by atoms with van der Waals surface area (Å²) in [5, 5.41) is 5.89. The molecule has 1 fully saturated rings. The first kappa shape index (κ1) is 13.9. The van der Waals surface area contributed by atoms with Gasteiger partial charge >= 0.3 is 0 Å². The summed E-state index contributed by atoms with van der Waals surface area (Å²) in [5.41, 5.74) is 0.222. The van der Waals surface area contributed by atoms with Crippen LogP contribution in [0.3, 0.4) is 0 Å². The molecule has 0 spiro atoms. The van der Waals surface area contributed by atoms with Gasteiger partial charge in [0.2, 0.25) is 5.91 Å². The molecule has 1 amide bonds. The predicted molar refractivity (Wildman–Crippen MR) is 68.8 cm³/mol. The van der Waals surface area contributed by atoms with Crippen LogP contribution in [0.4, 0.5) is 8.78 Å². The van der Waals surface area contributed by atoms with Crippen molar-refractivity contribution in [3.8, 4) is 0 Å². The molecule has 19 heavy (non-hydrogen) atoms. The molecule has 0 aromatic heterocycles. The summed E-state index contributed by atoms with van der Waals surface area (Å²) < 4.78 is 26.1. The lowest BCUT2D eigenvalue weighted by Gasteiger charge is -2.30. The highest BCUT2D eigenvalue weighted by atomic mass is 19.2. The van der Waals surface area contributed by atoms with E-state index in [2.05, 4.69) is 10.6 Å². The fourth-order valence-corrected chi connectivity index (χ4v) is 1.95. The zero-order valence-corrected chi connectivity index (χ0v) is 11.1. The second-order valence-electron chi connectivity index (χ2n) is 5.59. The Bertz CT molecular complexity index is 484. The van der Waals surface area contributed by atoms with Gasteiger partial charge in [-0.1, -0.05) is 19.9 Å². The normalized spacial score (nSPS) is 16.0. The summed E-state index contributed by atoms with van der Waals surface area (Å²) in [6, 6.07) is 3.85. The van der Waals surface area contributed by atoms with E-state index in [-0.39, 0.29) is 11.8 Å². The lowest BCUT2D eigenvalue weighted by Crippen LogP contribution is -2.52. The highest BCUT2D eigenvalue weighted by Gasteiger charge is 2.28. The van der Waals surface area contributed by atoms with E-state index < -0.39 is 17.0 Å². The van der Waals surface area contributed by atoms with Crippen molar-refractivity contribution in [1.29, 1.82) is 0 Å². The molecule has 0 bridgehead atoms. The zero-order chi connectivity index (χ0) is 14.0. The quantitative estimate of drug-likeness (QED) is 0.870. The van der Waals surface area contributed by atoms with Crippen LogP contribution in [0.15, 0.2) is 18.2 Å². The number of amides is 1. The number of hydrogen-bond donors (Lipinski definition) is 2. The van der Waals surface area contributed by atoms with Gasteiger partial charge in [-0.15, -0.1) is 0 Å². The molecule has 2 N–H and O–H groups in total. The van der Waals surface area contributed by atoms with Gasteiger partial charge in [-0.2, -0.15) is 0 Å². The average Bonchev–Trinajstić information content (AvgIpc) is 2.28. The first-order valence-corrected chi connectivity index (χ1v) is 6.34. The third-order valence-electron chi connectivity index (χ3n) is 3.56. The van der Waals surface area contributed by atoms with Crippen LogP contribution in [0.1, 0.15) is 19.4 Å². The topological polar surface area (TPSA) is 41.1 Å². The van der Waals surface area contributed by atoms with Crippen molar-refractivity contribution in [2.45, 2.75) is 19.3 Å². The molecule has 1 aromatic carbocycles. The van der Waals surface area contributed by atoms with Crippen LogP contribution in [-0.4, -0.2) is 25.5 Å². The molecule has 1 aromatic rings. The molecule has 0 atom stereocenters. The van der Waals surface area contributed by atoms with Gasteiger partial charge in [0.05, 0.1) is 5.92 Å². The van der Waals surface area contributed by atoms with Gasteiger partial charge in [0, 0.05) is 25.0 Å². The Morgan fingerprint density at radius 3 is 2.58 bits per heavy atom. The summed E-state index contributed by atoms with van der Waals surface area (Å²) >= 11 is 0. The van der Waals surface area contributed by atoms with E-state index in [1.807, 2.05) is 13.8 Å². The van der Waals surface area contributed by atoms with Gasteiger partial charge in [0.15, 0.2) is 11.6 Å². The largest absolute Gasteiger partial charge is 0.355 e. The van der Waals surface area contributed by atoms with E-state index in [0.717, 1.165) is 6.07 Å². The Balaban J connectivity index is 2.00. The van der Waals surface area contributed by atoms with E-state index >= 15 is 0 Å². The summed E-state index contributed by atoms with van der Waals surface area (Å²) in [6.45, 7) is 5.58. The monoisotopic (exact) mass is 268 g/mol. The second-order valence-corrected chi connectivity index (χ2v) is 5.59. The minimum absolute atomic E-state index is 0.00871. The number of carbonyl (C=O) groups is 1. The summed E-state index contributed by atoms with van der Waals surface area (Å²) in [4.78, 5) is 11.7. The Labute approximate surface area is 111 Å². The molecule has 1 heterocycles. The lowest BCUT2D eigenvalue weighted by atomic mass is 9.84. The van der Waals surface area contributed by atoms with E-state index in [9.17, 15) is 13.6 Å². The summed E-state index contributed by atoms with van der Waals surface area (Å²) in [7, 11) is 0. The first-order valence-electron chi connectivity index (χ1n) is 6.34. The van der Waals surface area contributed by atoms with Gasteiger partial charge in [0.25, 0.3) is 0 Å².